The molecule has 8 heteroatoms. The highest BCUT2D eigenvalue weighted by Crippen LogP contribution is 2.22. The van der Waals surface area contributed by atoms with Crippen molar-refractivity contribution in [3.05, 3.63) is 54.1 Å². The Morgan fingerprint density at radius 3 is 2.55 bits per heavy atom. The lowest BCUT2D eigenvalue weighted by molar-refractivity contribution is -0.142. The van der Waals surface area contributed by atoms with Crippen LogP contribution in [0.3, 0.4) is 0 Å². The number of nitrogens with zero attached hydrogens (tertiary/aromatic N) is 3. The molecule has 2 aromatic heterocycles. The summed E-state index contributed by atoms with van der Waals surface area (Å²) >= 11 is 0. The second kappa shape index (κ2) is 8.72. The van der Waals surface area contributed by atoms with Gasteiger partial charge in [-0.05, 0) is 30.2 Å². The molecular weight excluding hydrogens is 370 g/mol. The van der Waals surface area contributed by atoms with E-state index < -0.39 is 6.04 Å². The molecule has 29 heavy (non-hydrogen) atoms. The molecule has 1 aromatic carbocycles. The van der Waals surface area contributed by atoms with E-state index in [9.17, 15) is 9.59 Å². The van der Waals surface area contributed by atoms with Gasteiger partial charge in [0.15, 0.2) is 5.82 Å². The number of benzene rings is 1. The molecule has 1 amide bonds. The lowest BCUT2D eigenvalue weighted by atomic mass is 10.0. The molecule has 2 N–H and O–H groups in total. The highest BCUT2D eigenvalue weighted by molar-refractivity contribution is 5.93. The summed E-state index contributed by atoms with van der Waals surface area (Å²) in [5.41, 5.74) is 1.27. The van der Waals surface area contributed by atoms with Gasteiger partial charge in [-0.1, -0.05) is 26.0 Å². The van der Waals surface area contributed by atoms with Crippen LogP contribution in [0.4, 0.5) is 5.82 Å². The highest BCUT2D eigenvalue weighted by Gasteiger charge is 2.24. The smallest absolute Gasteiger partial charge is 0.328 e. The number of aryl methyl sites for hydroxylation is 1. The Morgan fingerprint density at radius 2 is 1.90 bits per heavy atom. The maximum absolute atomic E-state index is 12.4. The summed E-state index contributed by atoms with van der Waals surface area (Å²) in [6, 6.07) is 10.5. The predicted octanol–water partition coefficient (Wildman–Crippen LogP) is 2.51. The van der Waals surface area contributed by atoms with Crippen molar-refractivity contribution in [2.75, 3.05) is 12.4 Å². The number of carbonyl (C=O) groups is 2. The number of hydrogen-bond donors (Lipinski definition) is 2. The Kier molecular flexibility index (Phi) is 6.11. The van der Waals surface area contributed by atoms with E-state index in [1.54, 1.807) is 10.6 Å². The van der Waals surface area contributed by atoms with E-state index in [1.165, 1.54) is 7.11 Å². The number of rotatable bonds is 7. The minimum Gasteiger partial charge on any atom is -0.467 e. The second-order valence-electron chi connectivity index (χ2n) is 7.08. The third-order valence-corrected chi connectivity index (χ3v) is 4.65. The minimum atomic E-state index is -0.552. The zero-order chi connectivity index (χ0) is 21.0. The molecule has 1 atom stereocenters. The van der Waals surface area contributed by atoms with E-state index in [0.29, 0.717) is 17.3 Å². The van der Waals surface area contributed by atoms with E-state index in [1.807, 2.05) is 57.4 Å². The van der Waals surface area contributed by atoms with Crippen molar-refractivity contribution in [2.45, 2.75) is 26.4 Å². The average molecular weight is 395 g/mol. The summed E-state index contributed by atoms with van der Waals surface area (Å²) in [4.78, 5) is 33.7. The van der Waals surface area contributed by atoms with Gasteiger partial charge in [0.05, 0.1) is 19.2 Å². The normalized spacial score (nSPS) is 12.0. The summed E-state index contributed by atoms with van der Waals surface area (Å²) in [6.07, 6.45) is 1.81. The Labute approximate surface area is 169 Å². The third kappa shape index (κ3) is 4.53. The van der Waals surface area contributed by atoms with Crippen LogP contribution in [0.2, 0.25) is 0 Å². The third-order valence-electron chi connectivity index (χ3n) is 4.65. The van der Waals surface area contributed by atoms with Crippen molar-refractivity contribution in [1.29, 1.82) is 0 Å². The van der Waals surface area contributed by atoms with Crippen LogP contribution in [0.15, 0.2) is 42.6 Å². The van der Waals surface area contributed by atoms with E-state index in [2.05, 4.69) is 20.6 Å². The number of hydrogen-bond acceptors (Lipinski definition) is 6. The first-order valence-electron chi connectivity index (χ1n) is 9.40. The molecule has 0 aliphatic rings. The van der Waals surface area contributed by atoms with Crippen molar-refractivity contribution in [1.82, 2.24) is 19.9 Å². The monoisotopic (exact) mass is 395 g/mol. The van der Waals surface area contributed by atoms with Crippen LogP contribution in [-0.2, 0) is 23.1 Å². The molecule has 152 valence electrons. The molecule has 3 aromatic rings. The van der Waals surface area contributed by atoms with Crippen molar-refractivity contribution in [3.63, 3.8) is 0 Å². The van der Waals surface area contributed by atoms with Gasteiger partial charge in [-0.3, -0.25) is 4.79 Å². The number of ether oxygens (including phenoxy) is 1. The Balaban J connectivity index is 1.88. The number of aromatic nitrogens is 3. The molecule has 0 fully saturated rings. The fourth-order valence-corrected chi connectivity index (χ4v) is 3.03. The first-order chi connectivity index (χ1) is 13.9. The quantitative estimate of drug-likeness (QED) is 0.597. The number of amides is 1. The summed E-state index contributed by atoms with van der Waals surface area (Å²) in [7, 11) is 3.17. The molecule has 2 heterocycles. The number of nitrogens with one attached hydrogen (secondary N) is 2. The van der Waals surface area contributed by atoms with Crippen molar-refractivity contribution < 1.29 is 14.3 Å². The summed E-state index contributed by atoms with van der Waals surface area (Å²) in [5, 5.41) is 6.83. The first kappa shape index (κ1) is 20.3. The average Bonchev–Trinajstić information content (AvgIpc) is 3.15. The van der Waals surface area contributed by atoms with Gasteiger partial charge in [-0.2, -0.15) is 0 Å². The van der Waals surface area contributed by atoms with E-state index in [-0.39, 0.29) is 24.3 Å². The molecule has 0 aliphatic heterocycles. The number of methoxy groups -OCH3 is 1. The van der Waals surface area contributed by atoms with E-state index in [4.69, 9.17) is 4.74 Å². The van der Waals surface area contributed by atoms with Crippen molar-refractivity contribution >= 4 is 28.6 Å². The summed E-state index contributed by atoms with van der Waals surface area (Å²) < 4.78 is 6.66. The second-order valence-corrected chi connectivity index (χ2v) is 7.08. The van der Waals surface area contributed by atoms with Crippen LogP contribution >= 0.6 is 0 Å². The topological polar surface area (TPSA) is 98.1 Å². The number of para-hydroxylation sites is 1. The Morgan fingerprint density at radius 1 is 1.14 bits per heavy atom. The zero-order valence-corrected chi connectivity index (χ0v) is 17.0. The molecule has 0 saturated heterocycles. The molecular formula is C21H25N5O3. The Bertz CT molecular complexity index is 1030. The van der Waals surface area contributed by atoms with Gasteiger partial charge in [-0.15, -0.1) is 0 Å². The van der Waals surface area contributed by atoms with E-state index >= 15 is 0 Å². The first-order valence-corrected chi connectivity index (χ1v) is 9.40. The fraction of sp³-hybridized carbons (Fsp3) is 0.333. The number of anilines is 1. The molecule has 3 rings (SSSR count). The Hall–Kier alpha value is -3.42. The molecule has 0 unspecified atom stereocenters. The standard InChI is InChI=1S/C21H25N5O3/c1-13(2)18(21(28)29-4)25-19-14-8-5-6-9-15(14)23-17(24-19)12-22-20(27)16-10-7-11-26(16)3/h5-11,13,18H,12H2,1-4H3,(H,22,27)(H,23,24,25)/t18-/m0/s1. The molecule has 8 nitrogen and oxygen atoms in total. The number of esters is 1. The largest absolute Gasteiger partial charge is 0.467 e. The summed E-state index contributed by atoms with van der Waals surface area (Å²) in [6.45, 7) is 4.02. The van der Waals surface area contributed by atoms with Crippen LogP contribution in [0, 0.1) is 5.92 Å². The van der Waals surface area contributed by atoms with E-state index in [0.717, 1.165) is 10.9 Å². The molecule has 0 radical (unpaired) electrons. The lowest BCUT2D eigenvalue weighted by Crippen LogP contribution is -2.36. The van der Waals surface area contributed by atoms with Gasteiger partial charge in [-0.25, -0.2) is 14.8 Å². The van der Waals surface area contributed by atoms with Crippen LogP contribution in [0.5, 0.6) is 0 Å². The zero-order valence-electron chi connectivity index (χ0n) is 17.0. The minimum absolute atomic E-state index is 0.00308. The predicted molar refractivity (Wildman–Crippen MR) is 110 cm³/mol. The molecule has 0 aliphatic carbocycles. The number of carbonyl (C=O) groups excluding carboxylic acids is 2. The van der Waals surface area contributed by atoms with Crippen LogP contribution in [-0.4, -0.2) is 39.6 Å². The van der Waals surface area contributed by atoms with Gasteiger partial charge < -0.3 is 19.9 Å². The van der Waals surface area contributed by atoms with Gasteiger partial charge in [0, 0.05) is 18.6 Å². The summed E-state index contributed by atoms with van der Waals surface area (Å²) in [5.74, 6) is 0.403. The lowest BCUT2D eigenvalue weighted by Gasteiger charge is -2.21. The SMILES string of the molecule is COC(=O)[C@@H](Nc1nc(CNC(=O)c2cccn2C)nc2ccccc12)C(C)C. The van der Waals surface area contributed by atoms with Crippen molar-refractivity contribution in [2.24, 2.45) is 13.0 Å². The van der Waals surface area contributed by atoms with Crippen LogP contribution < -0.4 is 10.6 Å². The maximum atomic E-state index is 12.4. The fourth-order valence-electron chi connectivity index (χ4n) is 3.03. The van der Waals surface area contributed by atoms with Crippen LogP contribution in [0.1, 0.15) is 30.2 Å². The van der Waals surface area contributed by atoms with Gasteiger partial charge in [0.25, 0.3) is 5.91 Å². The number of fused-ring (bicyclic) bond motifs is 1. The van der Waals surface area contributed by atoms with Crippen LogP contribution in [0.25, 0.3) is 10.9 Å². The highest BCUT2D eigenvalue weighted by atomic mass is 16.5. The van der Waals surface area contributed by atoms with Crippen molar-refractivity contribution in [3.8, 4) is 0 Å². The van der Waals surface area contributed by atoms with Gasteiger partial charge in [0.1, 0.15) is 17.6 Å². The maximum Gasteiger partial charge on any atom is 0.328 e. The molecule has 0 spiro atoms. The molecule has 0 saturated carbocycles. The molecule has 0 bridgehead atoms. The van der Waals surface area contributed by atoms with Gasteiger partial charge in [0.2, 0.25) is 0 Å². The van der Waals surface area contributed by atoms with Gasteiger partial charge >= 0.3 is 5.97 Å².